The van der Waals surface area contributed by atoms with Crippen LogP contribution in [0.2, 0.25) is 0 Å². The number of morpholine rings is 1. The van der Waals surface area contributed by atoms with Gasteiger partial charge >= 0.3 is 0 Å². The summed E-state index contributed by atoms with van der Waals surface area (Å²) < 4.78 is 5.40. The minimum absolute atomic E-state index is 0. The topological polar surface area (TPSA) is 104 Å². The average Bonchev–Trinajstić information content (AvgIpc) is 2.70. The summed E-state index contributed by atoms with van der Waals surface area (Å²) in [6.07, 6.45) is 0.00963. The molecule has 1 fully saturated rings. The van der Waals surface area contributed by atoms with Crippen LogP contribution in [0.25, 0.3) is 0 Å². The molecule has 0 aromatic carbocycles. The average molecular weight is 291 g/mol. The lowest BCUT2D eigenvalue weighted by atomic mass is 10.1. The van der Waals surface area contributed by atoms with Crippen LogP contribution in [0.15, 0.2) is 4.79 Å². The first-order chi connectivity index (χ1) is 8.61. The smallest absolute Gasteiger partial charge is 0.267 e. The van der Waals surface area contributed by atoms with Crippen molar-refractivity contribution in [2.75, 3.05) is 26.2 Å². The van der Waals surface area contributed by atoms with Gasteiger partial charge in [-0.05, 0) is 6.92 Å². The number of aryl methyl sites for hydroxylation is 1. The third kappa shape index (κ3) is 3.59. The van der Waals surface area contributed by atoms with Gasteiger partial charge in [-0.2, -0.15) is 0 Å². The van der Waals surface area contributed by atoms with Crippen molar-refractivity contribution in [3.63, 3.8) is 0 Å². The highest BCUT2D eigenvalue weighted by molar-refractivity contribution is 5.85. The van der Waals surface area contributed by atoms with E-state index in [4.69, 9.17) is 10.5 Å². The van der Waals surface area contributed by atoms with Gasteiger partial charge in [0, 0.05) is 30.9 Å². The number of H-pyrrole nitrogens is 2. The minimum Gasteiger partial charge on any atom is -0.373 e. The summed E-state index contributed by atoms with van der Waals surface area (Å²) in [5.41, 5.74) is 6.50. The quantitative estimate of drug-likeness (QED) is 0.675. The lowest BCUT2D eigenvalue weighted by Crippen LogP contribution is -2.48. The number of carbonyl (C=O) groups excluding carboxylic acids is 1. The highest BCUT2D eigenvalue weighted by atomic mass is 35.5. The maximum absolute atomic E-state index is 12.1. The molecule has 2 heterocycles. The molecule has 108 valence electrons. The van der Waals surface area contributed by atoms with Crippen molar-refractivity contribution >= 4 is 18.3 Å². The summed E-state index contributed by atoms with van der Waals surface area (Å²) in [6.45, 7) is 3.71. The Kier molecular flexibility index (Phi) is 5.59. The van der Waals surface area contributed by atoms with Gasteiger partial charge in [0.25, 0.3) is 5.56 Å². The van der Waals surface area contributed by atoms with Crippen LogP contribution in [-0.2, 0) is 16.0 Å². The Morgan fingerprint density at radius 3 is 2.84 bits per heavy atom. The Bertz CT molecular complexity index is 485. The van der Waals surface area contributed by atoms with E-state index >= 15 is 0 Å². The lowest BCUT2D eigenvalue weighted by Gasteiger charge is -2.32. The molecular formula is C11H19ClN4O3. The Morgan fingerprint density at radius 2 is 2.26 bits per heavy atom. The summed E-state index contributed by atoms with van der Waals surface area (Å²) in [4.78, 5) is 25.3. The van der Waals surface area contributed by atoms with Gasteiger partial charge in [0.1, 0.15) is 0 Å². The molecule has 1 aliphatic rings. The second-order valence-electron chi connectivity index (χ2n) is 4.43. The number of nitrogens with zero attached hydrogens (tertiary/aromatic N) is 1. The number of aromatic nitrogens is 2. The minimum atomic E-state index is -0.232. The summed E-state index contributed by atoms with van der Waals surface area (Å²) in [5, 5.41) is 5.18. The highest BCUT2D eigenvalue weighted by Crippen LogP contribution is 2.07. The van der Waals surface area contributed by atoms with E-state index in [0.29, 0.717) is 37.5 Å². The van der Waals surface area contributed by atoms with Crippen molar-refractivity contribution in [2.24, 2.45) is 5.73 Å². The highest BCUT2D eigenvalue weighted by Gasteiger charge is 2.24. The van der Waals surface area contributed by atoms with E-state index in [1.54, 1.807) is 11.8 Å². The molecule has 1 aliphatic heterocycles. The van der Waals surface area contributed by atoms with Crippen molar-refractivity contribution in [2.45, 2.75) is 19.4 Å². The first-order valence-corrected chi connectivity index (χ1v) is 5.97. The van der Waals surface area contributed by atoms with Crippen LogP contribution in [0.3, 0.4) is 0 Å². The zero-order valence-electron chi connectivity index (χ0n) is 10.8. The maximum Gasteiger partial charge on any atom is 0.267 e. The molecule has 4 N–H and O–H groups in total. The van der Waals surface area contributed by atoms with Crippen molar-refractivity contribution in [1.29, 1.82) is 0 Å². The number of hydrogen-bond acceptors (Lipinski definition) is 4. The number of halogens is 1. The molecule has 7 nitrogen and oxygen atoms in total. The molecule has 1 atom stereocenters. The third-order valence-corrected chi connectivity index (χ3v) is 3.17. The standard InChI is InChI=1S/C11H18N4O3.ClH/c1-7-9(11(17)14-13-7)4-10(16)15-2-3-18-8(5-12)6-15;/h8H,2-6,12H2,1H3,(H2,13,14,17);1H. The molecule has 1 amide bonds. The second-order valence-corrected chi connectivity index (χ2v) is 4.43. The predicted molar refractivity (Wildman–Crippen MR) is 72.5 cm³/mol. The molecule has 1 unspecified atom stereocenters. The van der Waals surface area contributed by atoms with Crippen LogP contribution in [0.1, 0.15) is 11.3 Å². The number of hydrogen-bond donors (Lipinski definition) is 3. The summed E-state index contributed by atoms with van der Waals surface area (Å²) in [5.74, 6) is -0.0649. The molecule has 0 spiro atoms. The number of nitrogens with two attached hydrogens (primary N) is 1. The van der Waals surface area contributed by atoms with E-state index < -0.39 is 0 Å². The first kappa shape index (κ1) is 15.7. The lowest BCUT2D eigenvalue weighted by molar-refractivity contribution is -0.137. The molecule has 1 aromatic rings. The van der Waals surface area contributed by atoms with Crippen LogP contribution in [0.4, 0.5) is 0 Å². The fraction of sp³-hybridized carbons (Fsp3) is 0.636. The summed E-state index contributed by atoms with van der Waals surface area (Å²) in [6, 6.07) is 0. The van der Waals surface area contributed by atoms with Gasteiger partial charge in [0.2, 0.25) is 5.91 Å². The fourth-order valence-corrected chi connectivity index (χ4v) is 2.04. The zero-order valence-corrected chi connectivity index (χ0v) is 11.6. The SMILES string of the molecule is Cc1[nH][nH]c(=O)c1CC(=O)N1CCOC(CN)C1.Cl. The molecule has 0 bridgehead atoms. The Morgan fingerprint density at radius 1 is 1.53 bits per heavy atom. The molecule has 2 rings (SSSR count). The summed E-state index contributed by atoms with van der Waals surface area (Å²) >= 11 is 0. The fourth-order valence-electron chi connectivity index (χ4n) is 2.04. The van der Waals surface area contributed by atoms with Gasteiger partial charge in [-0.15, -0.1) is 12.4 Å². The van der Waals surface area contributed by atoms with Gasteiger partial charge in [-0.1, -0.05) is 0 Å². The summed E-state index contributed by atoms with van der Waals surface area (Å²) in [7, 11) is 0. The van der Waals surface area contributed by atoms with E-state index in [1.807, 2.05) is 0 Å². The number of carbonyl (C=O) groups is 1. The number of aromatic amines is 2. The molecule has 0 aliphatic carbocycles. The molecule has 19 heavy (non-hydrogen) atoms. The molecule has 0 saturated carbocycles. The first-order valence-electron chi connectivity index (χ1n) is 5.97. The van der Waals surface area contributed by atoms with E-state index in [-0.39, 0.29) is 36.4 Å². The maximum atomic E-state index is 12.1. The molecule has 1 saturated heterocycles. The van der Waals surface area contributed by atoms with Crippen LogP contribution in [-0.4, -0.2) is 53.3 Å². The van der Waals surface area contributed by atoms with Crippen LogP contribution < -0.4 is 11.3 Å². The Labute approximate surface area is 116 Å². The number of rotatable bonds is 3. The van der Waals surface area contributed by atoms with Crippen LogP contribution in [0, 0.1) is 6.92 Å². The predicted octanol–water partition coefficient (Wildman–Crippen LogP) is -0.838. The van der Waals surface area contributed by atoms with Gasteiger partial charge in [0.15, 0.2) is 0 Å². The number of nitrogens with one attached hydrogen (secondary N) is 2. The van der Waals surface area contributed by atoms with E-state index in [2.05, 4.69) is 10.2 Å². The monoisotopic (exact) mass is 290 g/mol. The van der Waals surface area contributed by atoms with Gasteiger partial charge in [-0.25, -0.2) is 0 Å². The Hall–Kier alpha value is -1.31. The van der Waals surface area contributed by atoms with Crippen LogP contribution in [0.5, 0.6) is 0 Å². The second kappa shape index (κ2) is 6.74. The Balaban J connectivity index is 0.00000180. The van der Waals surface area contributed by atoms with Crippen molar-refractivity contribution in [3.05, 3.63) is 21.6 Å². The molecular weight excluding hydrogens is 272 g/mol. The molecule has 0 radical (unpaired) electrons. The van der Waals surface area contributed by atoms with Gasteiger partial charge in [-0.3, -0.25) is 14.7 Å². The van der Waals surface area contributed by atoms with E-state index in [1.165, 1.54) is 0 Å². The third-order valence-electron chi connectivity index (χ3n) is 3.17. The van der Waals surface area contributed by atoms with E-state index in [0.717, 1.165) is 0 Å². The van der Waals surface area contributed by atoms with Crippen LogP contribution >= 0.6 is 12.4 Å². The van der Waals surface area contributed by atoms with E-state index in [9.17, 15) is 9.59 Å². The van der Waals surface area contributed by atoms with Crippen molar-refractivity contribution in [3.8, 4) is 0 Å². The van der Waals surface area contributed by atoms with Gasteiger partial charge < -0.3 is 20.5 Å². The van der Waals surface area contributed by atoms with Gasteiger partial charge in [0.05, 0.1) is 19.1 Å². The van der Waals surface area contributed by atoms with Crippen molar-refractivity contribution < 1.29 is 9.53 Å². The number of ether oxygens (including phenoxy) is 1. The largest absolute Gasteiger partial charge is 0.373 e. The molecule has 1 aromatic heterocycles. The zero-order chi connectivity index (χ0) is 13.1. The van der Waals surface area contributed by atoms with Crippen molar-refractivity contribution in [1.82, 2.24) is 15.1 Å². The number of amides is 1. The molecule has 8 heteroatoms. The normalized spacial score (nSPS) is 19.1.